The molecular formula is C17H27N. The van der Waals surface area contributed by atoms with Gasteiger partial charge in [0.05, 0.1) is 0 Å². The van der Waals surface area contributed by atoms with Crippen LogP contribution in [0.5, 0.6) is 0 Å². The summed E-state index contributed by atoms with van der Waals surface area (Å²) in [7, 11) is 2.09. The molecule has 2 rings (SSSR count). The predicted molar refractivity (Wildman–Crippen MR) is 78.8 cm³/mol. The lowest BCUT2D eigenvalue weighted by Gasteiger charge is -2.21. The molecule has 1 aliphatic carbocycles. The fourth-order valence-electron chi connectivity index (χ4n) is 3.76. The summed E-state index contributed by atoms with van der Waals surface area (Å²) in [5, 5.41) is 3.55. The maximum Gasteiger partial charge on any atom is 0.0359 e. The second-order valence-electron chi connectivity index (χ2n) is 7.05. The van der Waals surface area contributed by atoms with Gasteiger partial charge in [-0.15, -0.1) is 0 Å². The van der Waals surface area contributed by atoms with Crippen molar-refractivity contribution in [1.29, 1.82) is 0 Å². The number of nitrogens with one attached hydrogen (secondary N) is 1. The van der Waals surface area contributed by atoms with Crippen LogP contribution in [0.25, 0.3) is 0 Å². The molecule has 0 spiro atoms. The van der Waals surface area contributed by atoms with E-state index < -0.39 is 0 Å². The number of aryl methyl sites for hydroxylation is 2. The van der Waals surface area contributed by atoms with Crippen LogP contribution in [0.4, 0.5) is 0 Å². The minimum absolute atomic E-state index is 0.415. The van der Waals surface area contributed by atoms with Gasteiger partial charge in [-0.1, -0.05) is 51.5 Å². The number of rotatable bonds is 3. The highest BCUT2D eigenvalue weighted by Gasteiger charge is 2.67. The van der Waals surface area contributed by atoms with Crippen LogP contribution in [0.2, 0.25) is 0 Å². The second kappa shape index (κ2) is 4.09. The third-order valence-corrected chi connectivity index (χ3v) is 5.54. The molecule has 1 fully saturated rings. The highest BCUT2D eigenvalue weighted by molar-refractivity contribution is 5.36. The van der Waals surface area contributed by atoms with Crippen LogP contribution in [-0.2, 0) is 0 Å². The van der Waals surface area contributed by atoms with Gasteiger partial charge in [-0.3, -0.25) is 0 Å². The SMILES string of the molecule is CNC(c1ccc(C)cc1C)C1C(C)(C)C1(C)C. The third-order valence-electron chi connectivity index (χ3n) is 5.54. The molecule has 1 saturated carbocycles. The fourth-order valence-corrected chi connectivity index (χ4v) is 3.76. The van der Waals surface area contributed by atoms with Crippen molar-refractivity contribution in [1.82, 2.24) is 5.32 Å². The lowest BCUT2D eigenvalue weighted by atomic mass is 9.92. The van der Waals surface area contributed by atoms with E-state index in [4.69, 9.17) is 0 Å². The summed E-state index contributed by atoms with van der Waals surface area (Å²) >= 11 is 0. The first-order valence-electron chi connectivity index (χ1n) is 6.98. The minimum Gasteiger partial charge on any atom is -0.313 e. The Morgan fingerprint density at radius 1 is 1.06 bits per heavy atom. The van der Waals surface area contributed by atoms with Crippen molar-refractivity contribution in [3.63, 3.8) is 0 Å². The van der Waals surface area contributed by atoms with Crippen molar-refractivity contribution in [3.8, 4) is 0 Å². The van der Waals surface area contributed by atoms with E-state index in [2.05, 4.69) is 72.1 Å². The zero-order chi connectivity index (χ0) is 13.7. The van der Waals surface area contributed by atoms with Gasteiger partial charge in [-0.25, -0.2) is 0 Å². The fraction of sp³-hybridized carbons (Fsp3) is 0.647. The summed E-state index contributed by atoms with van der Waals surface area (Å²) in [5.74, 6) is 0.705. The van der Waals surface area contributed by atoms with Crippen LogP contribution in [0.3, 0.4) is 0 Å². The molecule has 0 amide bonds. The van der Waals surface area contributed by atoms with Crippen LogP contribution in [0.1, 0.15) is 50.4 Å². The average molecular weight is 245 g/mol. The molecule has 1 nitrogen and oxygen atoms in total. The van der Waals surface area contributed by atoms with Crippen molar-refractivity contribution in [2.45, 2.75) is 47.6 Å². The van der Waals surface area contributed by atoms with Crippen LogP contribution >= 0.6 is 0 Å². The van der Waals surface area contributed by atoms with Crippen molar-refractivity contribution < 1.29 is 0 Å². The highest BCUT2D eigenvalue weighted by atomic mass is 14.9. The first-order valence-corrected chi connectivity index (χ1v) is 6.98. The van der Waals surface area contributed by atoms with Crippen molar-refractivity contribution in [3.05, 3.63) is 34.9 Å². The topological polar surface area (TPSA) is 12.0 Å². The van der Waals surface area contributed by atoms with E-state index in [9.17, 15) is 0 Å². The summed E-state index contributed by atoms with van der Waals surface area (Å²) in [4.78, 5) is 0. The van der Waals surface area contributed by atoms with Gasteiger partial charge >= 0.3 is 0 Å². The van der Waals surface area contributed by atoms with Gasteiger partial charge in [-0.2, -0.15) is 0 Å². The molecule has 1 heteroatoms. The summed E-state index contributed by atoms with van der Waals surface area (Å²) in [6, 6.07) is 7.29. The molecule has 1 aliphatic rings. The summed E-state index contributed by atoms with van der Waals surface area (Å²) in [6.45, 7) is 14.0. The highest BCUT2D eigenvalue weighted by Crippen LogP contribution is 2.72. The van der Waals surface area contributed by atoms with E-state index in [1.165, 1.54) is 16.7 Å². The molecule has 0 heterocycles. The normalized spacial score (nSPS) is 22.8. The van der Waals surface area contributed by atoms with Gasteiger partial charge in [0.1, 0.15) is 0 Å². The molecule has 1 atom stereocenters. The molecule has 100 valence electrons. The summed E-state index contributed by atoms with van der Waals surface area (Å²) < 4.78 is 0. The molecule has 18 heavy (non-hydrogen) atoms. The van der Waals surface area contributed by atoms with E-state index in [0.717, 1.165) is 0 Å². The zero-order valence-corrected chi connectivity index (χ0v) is 12.9. The second-order valence-corrected chi connectivity index (χ2v) is 7.05. The molecule has 0 bridgehead atoms. The van der Waals surface area contributed by atoms with Crippen LogP contribution in [0.15, 0.2) is 18.2 Å². The molecular weight excluding hydrogens is 218 g/mol. The van der Waals surface area contributed by atoms with E-state index in [0.29, 0.717) is 22.8 Å². The Hall–Kier alpha value is -0.820. The average Bonchev–Trinajstić information content (AvgIpc) is 2.64. The van der Waals surface area contributed by atoms with E-state index >= 15 is 0 Å². The maximum absolute atomic E-state index is 3.55. The Balaban J connectivity index is 2.37. The monoisotopic (exact) mass is 245 g/mol. The smallest absolute Gasteiger partial charge is 0.0359 e. The Bertz CT molecular complexity index is 443. The van der Waals surface area contributed by atoms with E-state index in [1.807, 2.05) is 0 Å². The molecule has 1 unspecified atom stereocenters. The lowest BCUT2D eigenvalue weighted by molar-refractivity contribution is 0.436. The third kappa shape index (κ3) is 1.80. The van der Waals surface area contributed by atoms with Gasteiger partial charge in [0.15, 0.2) is 0 Å². The minimum atomic E-state index is 0.415. The maximum atomic E-state index is 3.55. The lowest BCUT2D eigenvalue weighted by Crippen LogP contribution is -2.22. The first-order chi connectivity index (χ1) is 8.23. The molecule has 0 aromatic heterocycles. The standard InChI is InChI=1S/C17H27N/c1-11-8-9-13(12(2)10-11)14(18-7)15-16(3,4)17(15,5)6/h8-10,14-15,18H,1-7H3. The van der Waals surface area contributed by atoms with Crippen LogP contribution in [0, 0.1) is 30.6 Å². The Morgan fingerprint density at radius 3 is 2.00 bits per heavy atom. The number of hydrogen-bond acceptors (Lipinski definition) is 1. The molecule has 0 saturated heterocycles. The predicted octanol–water partition coefficient (Wildman–Crippen LogP) is 4.25. The number of benzene rings is 1. The van der Waals surface area contributed by atoms with Crippen LogP contribution < -0.4 is 5.32 Å². The van der Waals surface area contributed by atoms with Crippen molar-refractivity contribution in [2.75, 3.05) is 7.05 Å². The Morgan fingerprint density at radius 2 is 1.61 bits per heavy atom. The van der Waals surface area contributed by atoms with Gasteiger partial charge in [0.25, 0.3) is 0 Å². The largest absolute Gasteiger partial charge is 0.313 e. The van der Waals surface area contributed by atoms with E-state index in [1.54, 1.807) is 0 Å². The van der Waals surface area contributed by atoms with Crippen molar-refractivity contribution in [2.24, 2.45) is 16.7 Å². The van der Waals surface area contributed by atoms with Crippen molar-refractivity contribution >= 4 is 0 Å². The van der Waals surface area contributed by atoms with Crippen LogP contribution in [-0.4, -0.2) is 7.05 Å². The molecule has 1 N–H and O–H groups in total. The quantitative estimate of drug-likeness (QED) is 0.839. The van der Waals surface area contributed by atoms with E-state index in [-0.39, 0.29) is 0 Å². The van der Waals surface area contributed by atoms with Gasteiger partial charge in [-0.05, 0) is 48.8 Å². The molecule has 0 radical (unpaired) electrons. The molecule has 1 aromatic carbocycles. The molecule has 0 aliphatic heterocycles. The summed E-state index contributed by atoms with van der Waals surface area (Å²) in [6.07, 6.45) is 0. The zero-order valence-electron chi connectivity index (χ0n) is 12.9. The first kappa shape index (κ1) is 13.6. The number of hydrogen-bond donors (Lipinski definition) is 1. The Kier molecular flexibility index (Phi) is 3.09. The van der Waals surface area contributed by atoms with Gasteiger partial charge in [0, 0.05) is 6.04 Å². The van der Waals surface area contributed by atoms with Gasteiger partial charge < -0.3 is 5.32 Å². The Labute approximate surface area is 112 Å². The molecule has 1 aromatic rings. The summed E-state index contributed by atoms with van der Waals surface area (Å²) in [5.41, 5.74) is 5.05. The van der Waals surface area contributed by atoms with Gasteiger partial charge in [0.2, 0.25) is 0 Å².